The summed E-state index contributed by atoms with van der Waals surface area (Å²) in [5.74, 6) is 1.21. The van der Waals surface area contributed by atoms with Gasteiger partial charge >= 0.3 is 0 Å². The lowest BCUT2D eigenvalue weighted by molar-refractivity contribution is 0.269. The highest BCUT2D eigenvalue weighted by Gasteiger charge is 2.14. The zero-order chi connectivity index (χ0) is 14.1. The van der Waals surface area contributed by atoms with Crippen LogP contribution in [-0.2, 0) is 6.61 Å². The van der Waals surface area contributed by atoms with Gasteiger partial charge in [0.25, 0.3) is 0 Å². The maximum atomic E-state index is 9.56. The summed E-state index contributed by atoms with van der Waals surface area (Å²) < 4.78 is 7.71. The Hall–Kier alpha value is -2.33. The number of nitrogens with zero attached hydrogens (tertiary/aromatic N) is 2. The summed E-state index contributed by atoms with van der Waals surface area (Å²) in [5, 5.41) is 9.56. The molecule has 3 aromatic rings. The van der Waals surface area contributed by atoms with E-state index in [0.717, 1.165) is 17.0 Å². The second-order valence-electron chi connectivity index (χ2n) is 4.82. The second-order valence-corrected chi connectivity index (χ2v) is 4.82. The highest BCUT2D eigenvalue weighted by atomic mass is 16.5. The zero-order valence-electron chi connectivity index (χ0n) is 11.5. The normalized spacial score (nSPS) is 10.9. The van der Waals surface area contributed by atoms with Crippen molar-refractivity contribution in [1.82, 2.24) is 9.38 Å². The summed E-state index contributed by atoms with van der Waals surface area (Å²) in [6, 6.07) is 11.7. The Morgan fingerprint density at radius 3 is 2.80 bits per heavy atom. The van der Waals surface area contributed by atoms with E-state index in [1.807, 2.05) is 54.8 Å². The first-order valence-electron chi connectivity index (χ1n) is 6.51. The van der Waals surface area contributed by atoms with Crippen LogP contribution in [0.2, 0.25) is 0 Å². The number of imidazole rings is 1. The van der Waals surface area contributed by atoms with Crippen LogP contribution in [0.5, 0.6) is 11.6 Å². The predicted octanol–water partition coefficient (Wildman–Crippen LogP) is 3.24. The Morgan fingerprint density at radius 1 is 1.20 bits per heavy atom. The Labute approximate surface area is 117 Å². The minimum atomic E-state index is -0.120. The Balaban J connectivity index is 2.06. The van der Waals surface area contributed by atoms with Crippen molar-refractivity contribution in [2.45, 2.75) is 20.5 Å². The van der Waals surface area contributed by atoms with Gasteiger partial charge in [-0.1, -0.05) is 23.8 Å². The fourth-order valence-corrected chi connectivity index (χ4v) is 2.27. The SMILES string of the molecule is Cc1ccc(Oc2nc3ccccn3c2CO)c(C)c1. The average Bonchev–Trinajstić information content (AvgIpc) is 2.79. The number of hydrogen-bond acceptors (Lipinski definition) is 3. The van der Waals surface area contributed by atoms with Crippen LogP contribution in [0.15, 0.2) is 42.6 Å². The van der Waals surface area contributed by atoms with Crippen molar-refractivity contribution < 1.29 is 9.84 Å². The molecule has 0 unspecified atom stereocenters. The molecule has 1 aromatic carbocycles. The number of rotatable bonds is 3. The van der Waals surface area contributed by atoms with Gasteiger partial charge in [-0.05, 0) is 37.6 Å². The molecule has 1 N–H and O–H groups in total. The molecular formula is C16H16N2O2. The van der Waals surface area contributed by atoms with Crippen molar-refractivity contribution >= 4 is 5.65 Å². The first kappa shape index (κ1) is 12.7. The monoisotopic (exact) mass is 268 g/mol. The molecule has 0 amide bonds. The minimum absolute atomic E-state index is 0.120. The molecule has 0 aliphatic heterocycles. The number of ether oxygens (including phenoxy) is 1. The van der Waals surface area contributed by atoms with Gasteiger partial charge in [-0.25, -0.2) is 0 Å². The van der Waals surface area contributed by atoms with Gasteiger partial charge in [0, 0.05) is 6.20 Å². The van der Waals surface area contributed by atoms with Crippen LogP contribution in [0, 0.1) is 13.8 Å². The maximum absolute atomic E-state index is 9.56. The molecule has 4 nitrogen and oxygen atoms in total. The zero-order valence-corrected chi connectivity index (χ0v) is 11.5. The molecule has 0 saturated heterocycles. The molecule has 0 fully saturated rings. The lowest BCUT2D eigenvalue weighted by Gasteiger charge is -2.08. The third-order valence-corrected chi connectivity index (χ3v) is 3.28. The summed E-state index contributed by atoms with van der Waals surface area (Å²) in [7, 11) is 0. The predicted molar refractivity (Wildman–Crippen MR) is 77.1 cm³/mol. The molecular weight excluding hydrogens is 252 g/mol. The van der Waals surface area contributed by atoms with E-state index in [-0.39, 0.29) is 6.61 Å². The topological polar surface area (TPSA) is 46.8 Å². The van der Waals surface area contributed by atoms with Crippen LogP contribution >= 0.6 is 0 Å². The van der Waals surface area contributed by atoms with Crippen molar-refractivity contribution in [1.29, 1.82) is 0 Å². The van der Waals surface area contributed by atoms with Gasteiger partial charge in [-0.3, -0.25) is 4.40 Å². The van der Waals surface area contributed by atoms with Crippen LogP contribution in [0.25, 0.3) is 5.65 Å². The number of hydrogen-bond donors (Lipinski definition) is 1. The number of fused-ring (bicyclic) bond motifs is 1. The van der Waals surface area contributed by atoms with Gasteiger partial charge in [-0.15, -0.1) is 0 Å². The molecule has 0 radical (unpaired) electrons. The molecule has 0 atom stereocenters. The van der Waals surface area contributed by atoms with E-state index >= 15 is 0 Å². The van der Waals surface area contributed by atoms with Crippen LogP contribution < -0.4 is 4.74 Å². The molecule has 0 bridgehead atoms. The number of aromatic nitrogens is 2. The molecule has 20 heavy (non-hydrogen) atoms. The number of aryl methyl sites for hydroxylation is 2. The Kier molecular flexibility index (Phi) is 3.16. The number of aliphatic hydroxyl groups is 1. The largest absolute Gasteiger partial charge is 0.437 e. The molecule has 2 heterocycles. The number of aliphatic hydroxyl groups excluding tert-OH is 1. The molecule has 2 aromatic heterocycles. The van der Waals surface area contributed by atoms with Crippen molar-refractivity contribution in [3.05, 3.63) is 59.4 Å². The van der Waals surface area contributed by atoms with E-state index in [4.69, 9.17) is 4.74 Å². The first-order valence-corrected chi connectivity index (χ1v) is 6.51. The third-order valence-electron chi connectivity index (χ3n) is 3.28. The van der Waals surface area contributed by atoms with Gasteiger partial charge < -0.3 is 9.84 Å². The van der Waals surface area contributed by atoms with Crippen LogP contribution in [-0.4, -0.2) is 14.5 Å². The summed E-state index contributed by atoms with van der Waals surface area (Å²) >= 11 is 0. The van der Waals surface area contributed by atoms with E-state index in [1.165, 1.54) is 5.56 Å². The molecule has 0 aliphatic rings. The van der Waals surface area contributed by atoms with Gasteiger partial charge in [0.05, 0.1) is 6.61 Å². The number of benzene rings is 1. The first-order chi connectivity index (χ1) is 9.69. The summed E-state index contributed by atoms with van der Waals surface area (Å²) in [4.78, 5) is 4.42. The molecule has 102 valence electrons. The smallest absolute Gasteiger partial charge is 0.243 e. The van der Waals surface area contributed by atoms with Crippen molar-refractivity contribution in [3.63, 3.8) is 0 Å². The standard InChI is InChI=1S/C16H16N2O2/c1-11-6-7-14(12(2)9-11)20-16-13(10-19)18-8-4-3-5-15(18)17-16/h3-9,19H,10H2,1-2H3. The third kappa shape index (κ3) is 2.14. The molecule has 4 heteroatoms. The Bertz CT molecular complexity index is 762. The van der Waals surface area contributed by atoms with Gasteiger partial charge in [0.15, 0.2) is 0 Å². The summed E-state index contributed by atoms with van der Waals surface area (Å²) in [6.07, 6.45) is 1.86. The van der Waals surface area contributed by atoms with Crippen molar-refractivity contribution in [3.8, 4) is 11.6 Å². The Morgan fingerprint density at radius 2 is 2.05 bits per heavy atom. The van der Waals surface area contributed by atoms with Gasteiger partial charge in [0.1, 0.15) is 17.1 Å². The highest BCUT2D eigenvalue weighted by molar-refractivity contribution is 5.47. The molecule has 0 spiro atoms. The van der Waals surface area contributed by atoms with Gasteiger partial charge in [-0.2, -0.15) is 4.98 Å². The summed E-state index contributed by atoms with van der Waals surface area (Å²) in [6.45, 7) is 3.92. The quantitative estimate of drug-likeness (QED) is 0.793. The molecule has 0 saturated carbocycles. The highest BCUT2D eigenvalue weighted by Crippen LogP contribution is 2.28. The van der Waals surface area contributed by atoms with Crippen LogP contribution in [0.4, 0.5) is 0 Å². The summed E-state index contributed by atoms with van der Waals surface area (Å²) in [5.41, 5.74) is 3.65. The molecule has 0 aliphatic carbocycles. The van der Waals surface area contributed by atoms with Crippen molar-refractivity contribution in [2.75, 3.05) is 0 Å². The second kappa shape index (κ2) is 4.98. The average molecular weight is 268 g/mol. The minimum Gasteiger partial charge on any atom is -0.437 e. The van der Waals surface area contributed by atoms with E-state index in [2.05, 4.69) is 11.1 Å². The maximum Gasteiger partial charge on any atom is 0.243 e. The van der Waals surface area contributed by atoms with E-state index in [9.17, 15) is 5.11 Å². The van der Waals surface area contributed by atoms with Crippen molar-refractivity contribution in [2.24, 2.45) is 0 Å². The van der Waals surface area contributed by atoms with Crippen LogP contribution in [0.3, 0.4) is 0 Å². The van der Waals surface area contributed by atoms with E-state index < -0.39 is 0 Å². The van der Waals surface area contributed by atoms with E-state index in [0.29, 0.717) is 11.6 Å². The van der Waals surface area contributed by atoms with Crippen LogP contribution in [0.1, 0.15) is 16.8 Å². The lowest BCUT2D eigenvalue weighted by atomic mass is 10.1. The van der Waals surface area contributed by atoms with Gasteiger partial charge in [0.2, 0.25) is 5.88 Å². The molecule has 3 rings (SSSR count). The van der Waals surface area contributed by atoms with E-state index in [1.54, 1.807) is 0 Å². The fourth-order valence-electron chi connectivity index (χ4n) is 2.27. The fraction of sp³-hybridized carbons (Fsp3) is 0.188. The lowest BCUT2D eigenvalue weighted by Crippen LogP contribution is -1.95. The number of pyridine rings is 1.